The lowest BCUT2D eigenvalue weighted by Crippen LogP contribution is -2.24. The van der Waals surface area contributed by atoms with Crippen molar-refractivity contribution in [1.82, 2.24) is 0 Å². The lowest BCUT2D eigenvalue weighted by Gasteiger charge is -2.13. The summed E-state index contributed by atoms with van der Waals surface area (Å²) in [5.74, 6) is 0.0471. The molecule has 0 aliphatic carbocycles. The Morgan fingerprint density at radius 1 is 0.848 bits per heavy atom. The minimum absolute atomic E-state index is 0.291. The fourth-order valence-corrected chi connectivity index (χ4v) is 3.23. The van der Waals surface area contributed by atoms with E-state index < -0.39 is 18.2 Å². The molecule has 0 spiro atoms. The van der Waals surface area contributed by atoms with Crippen molar-refractivity contribution in [3.63, 3.8) is 0 Å². The van der Waals surface area contributed by atoms with Crippen LogP contribution in [0, 0.1) is 5.82 Å². The average molecular weight is 454 g/mol. The second-order valence-electron chi connectivity index (χ2n) is 7.48. The number of rotatable bonds is 12. The van der Waals surface area contributed by atoms with Crippen LogP contribution in [0.15, 0.2) is 72.8 Å². The van der Waals surface area contributed by atoms with Crippen molar-refractivity contribution in [2.24, 2.45) is 0 Å². The Hall–Kier alpha value is -3.42. The second-order valence-corrected chi connectivity index (χ2v) is 7.48. The van der Waals surface area contributed by atoms with E-state index in [2.05, 4.69) is 0 Å². The minimum atomic E-state index is -0.989. The third kappa shape index (κ3) is 7.30. The Kier molecular flexibility index (Phi) is 8.80. The Morgan fingerprint density at radius 2 is 1.33 bits per heavy atom. The molecule has 2 unspecified atom stereocenters. The van der Waals surface area contributed by atoms with Crippen molar-refractivity contribution in [1.29, 1.82) is 0 Å². The van der Waals surface area contributed by atoms with Gasteiger partial charge in [-0.05, 0) is 53.1 Å². The summed E-state index contributed by atoms with van der Waals surface area (Å²) in [6.07, 6.45) is -0.732. The van der Waals surface area contributed by atoms with E-state index in [1.54, 1.807) is 48.5 Å². The summed E-state index contributed by atoms with van der Waals surface area (Å²) in [4.78, 5) is 11.0. The molecule has 3 aromatic carbocycles. The first-order valence-electron chi connectivity index (χ1n) is 10.6. The zero-order chi connectivity index (χ0) is 23.6. The topological polar surface area (TPSA) is 85.2 Å². The number of aliphatic carboxylic acids is 1. The number of hydrogen-bond donors (Lipinski definition) is 2. The molecule has 0 amide bonds. The Bertz CT molecular complexity index is 1000. The van der Waals surface area contributed by atoms with Gasteiger partial charge in [0.2, 0.25) is 0 Å². The first kappa shape index (κ1) is 24.2. The number of carboxylic acids is 1. The van der Waals surface area contributed by atoms with Gasteiger partial charge < -0.3 is 24.4 Å². The van der Waals surface area contributed by atoms with Crippen LogP contribution < -0.4 is 9.47 Å². The van der Waals surface area contributed by atoms with Crippen molar-refractivity contribution >= 4 is 5.97 Å². The van der Waals surface area contributed by atoms with E-state index >= 15 is 0 Å². The van der Waals surface area contributed by atoms with E-state index in [0.29, 0.717) is 48.7 Å². The number of carbonyl (C=O) groups is 1. The highest BCUT2D eigenvalue weighted by molar-refractivity contribution is 5.72. The van der Waals surface area contributed by atoms with E-state index in [0.717, 1.165) is 5.56 Å². The van der Waals surface area contributed by atoms with Crippen molar-refractivity contribution in [2.45, 2.75) is 25.0 Å². The minimum Gasteiger partial charge on any atom is -0.493 e. The third-order valence-corrected chi connectivity index (χ3v) is 5.11. The summed E-state index contributed by atoms with van der Waals surface area (Å²) < 4.78 is 29.4. The van der Waals surface area contributed by atoms with Crippen LogP contribution in [0.25, 0.3) is 0 Å². The normalized spacial score (nSPS) is 12.7. The molecule has 6 nitrogen and oxygen atoms in total. The number of halogens is 1. The summed E-state index contributed by atoms with van der Waals surface area (Å²) in [6, 6.07) is 20.1. The maximum absolute atomic E-state index is 13.0. The van der Waals surface area contributed by atoms with Gasteiger partial charge in [-0.25, -0.2) is 9.18 Å². The van der Waals surface area contributed by atoms with E-state index in [1.165, 1.54) is 19.2 Å². The SMILES string of the molecule is COC(Cc1ccc(OCCCOc2ccc(C(O)c3ccc(F)cc3)cc2)cc1)C(=O)O. The Balaban J connectivity index is 1.38. The van der Waals surface area contributed by atoms with Gasteiger partial charge in [0.05, 0.1) is 13.2 Å². The molecule has 3 aromatic rings. The highest BCUT2D eigenvalue weighted by atomic mass is 19.1. The van der Waals surface area contributed by atoms with Gasteiger partial charge in [-0.15, -0.1) is 0 Å². The molecule has 0 heterocycles. The summed E-state index contributed by atoms with van der Waals surface area (Å²) in [5, 5.41) is 19.5. The standard InChI is InChI=1S/C26H27FO6/c1-31-24(26(29)30)17-18-3-11-22(12-4-18)32-15-2-16-33-23-13-7-20(8-14-23)25(28)19-5-9-21(27)10-6-19/h3-14,24-25,28H,2,15-17H2,1H3,(H,29,30). The number of ether oxygens (including phenoxy) is 3. The van der Waals surface area contributed by atoms with Crippen molar-refractivity contribution in [2.75, 3.05) is 20.3 Å². The summed E-state index contributed by atoms with van der Waals surface area (Å²) in [5.41, 5.74) is 2.17. The first-order chi connectivity index (χ1) is 16.0. The predicted octanol–water partition coefficient (Wildman–Crippen LogP) is 4.40. The molecule has 0 bridgehead atoms. The quantitative estimate of drug-likeness (QED) is 0.395. The zero-order valence-electron chi connectivity index (χ0n) is 18.3. The molecule has 0 aliphatic rings. The monoisotopic (exact) mass is 454 g/mol. The molecule has 0 aliphatic heterocycles. The molecule has 0 saturated heterocycles. The Morgan fingerprint density at radius 3 is 1.82 bits per heavy atom. The molecule has 0 aromatic heterocycles. The van der Waals surface area contributed by atoms with E-state index in [9.17, 15) is 14.3 Å². The number of hydrogen-bond acceptors (Lipinski definition) is 5. The van der Waals surface area contributed by atoms with Gasteiger partial charge in [0.1, 0.15) is 23.4 Å². The van der Waals surface area contributed by atoms with Gasteiger partial charge in [0, 0.05) is 20.0 Å². The van der Waals surface area contributed by atoms with Crippen LogP contribution in [-0.4, -0.2) is 42.6 Å². The second kappa shape index (κ2) is 12.0. The van der Waals surface area contributed by atoms with Crippen LogP contribution in [0.1, 0.15) is 29.2 Å². The molecule has 3 rings (SSSR count). The molecule has 0 saturated carbocycles. The average Bonchev–Trinajstić information content (AvgIpc) is 2.83. The van der Waals surface area contributed by atoms with Crippen LogP contribution in [0.4, 0.5) is 4.39 Å². The van der Waals surface area contributed by atoms with E-state index in [4.69, 9.17) is 19.3 Å². The van der Waals surface area contributed by atoms with Gasteiger partial charge >= 0.3 is 5.97 Å². The number of methoxy groups -OCH3 is 1. The predicted molar refractivity (Wildman–Crippen MR) is 121 cm³/mol. The van der Waals surface area contributed by atoms with Crippen LogP contribution in [0.5, 0.6) is 11.5 Å². The van der Waals surface area contributed by atoms with Crippen LogP contribution >= 0.6 is 0 Å². The fourth-order valence-electron chi connectivity index (χ4n) is 3.23. The number of benzene rings is 3. The van der Waals surface area contributed by atoms with Crippen LogP contribution in [-0.2, 0) is 16.0 Å². The molecule has 0 fully saturated rings. The van der Waals surface area contributed by atoms with Crippen molar-refractivity contribution in [3.8, 4) is 11.5 Å². The first-order valence-corrected chi connectivity index (χ1v) is 10.6. The van der Waals surface area contributed by atoms with Gasteiger partial charge in [-0.3, -0.25) is 0 Å². The Labute approximate surface area is 192 Å². The molecule has 7 heteroatoms. The van der Waals surface area contributed by atoms with Crippen molar-refractivity contribution < 1.29 is 33.6 Å². The van der Waals surface area contributed by atoms with Crippen LogP contribution in [0.2, 0.25) is 0 Å². The summed E-state index contributed by atoms with van der Waals surface area (Å²) >= 11 is 0. The molecule has 2 atom stereocenters. The molecule has 2 N–H and O–H groups in total. The highest BCUT2D eigenvalue weighted by Crippen LogP contribution is 2.24. The molecular formula is C26H27FO6. The van der Waals surface area contributed by atoms with Gasteiger partial charge in [-0.1, -0.05) is 36.4 Å². The molecule has 174 valence electrons. The number of aliphatic hydroxyl groups excluding tert-OH is 1. The van der Waals surface area contributed by atoms with E-state index in [1.807, 2.05) is 12.1 Å². The fraction of sp³-hybridized carbons (Fsp3) is 0.269. The van der Waals surface area contributed by atoms with Gasteiger partial charge in [0.15, 0.2) is 6.10 Å². The number of carboxylic acid groups (broad SMARTS) is 1. The van der Waals surface area contributed by atoms with E-state index in [-0.39, 0.29) is 5.82 Å². The highest BCUT2D eigenvalue weighted by Gasteiger charge is 2.16. The van der Waals surface area contributed by atoms with Gasteiger partial charge in [-0.2, -0.15) is 0 Å². The summed E-state index contributed by atoms with van der Waals surface area (Å²) in [6.45, 7) is 0.933. The smallest absolute Gasteiger partial charge is 0.333 e. The number of aliphatic hydroxyl groups is 1. The molecule has 0 radical (unpaired) electrons. The zero-order valence-corrected chi connectivity index (χ0v) is 18.3. The summed E-state index contributed by atoms with van der Waals surface area (Å²) in [7, 11) is 1.38. The maximum atomic E-state index is 13.0. The largest absolute Gasteiger partial charge is 0.493 e. The molecular weight excluding hydrogens is 427 g/mol. The lowest BCUT2D eigenvalue weighted by atomic mass is 10.0. The third-order valence-electron chi connectivity index (χ3n) is 5.11. The lowest BCUT2D eigenvalue weighted by molar-refractivity contribution is -0.148. The molecule has 33 heavy (non-hydrogen) atoms. The van der Waals surface area contributed by atoms with Gasteiger partial charge in [0.25, 0.3) is 0 Å². The van der Waals surface area contributed by atoms with Crippen LogP contribution in [0.3, 0.4) is 0 Å². The maximum Gasteiger partial charge on any atom is 0.333 e. The van der Waals surface area contributed by atoms with Crippen molar-refractivity contribution in [3.05, 3.63) is 95.3 Å².